The maximum absolute atomic E-state index is 12.0. The Bertz CT molecular complexity index is 683. The SMILES string of the molecule is Cc1cc(C(=O)NCc2cc(C#CCCO)cs2)ccn1. The van der Waals surface area contributed by atoms with Gasteiger partial charge in [-0.2, -0.15) is 0 Å². The molecule has 0 aliphatic carbocycles. The molecule has 0 saturated carbocycles. The molecule has 2 rings (SSSR count). The standard InChI is InChI=1S/C16H16N2O2S/c1-12-8-14(5-6-17-12)16(20)18-10-15-9-13(11-21-15)4-2-3-7-19/h5-6,8-9,11,19H,3,7,10H2,1H3,(H,18,20). The smallest absolute Gasteiger partial charge is 0.251 e. The second kappa shape index (κ2) is 7.58. The first-order valence-electron chi connectivity index (χ1n) is 6.57. The van der Waals surface area contributed by atoms with Crippen molar-refractivity contribution in [3.05, 3.63) is 51.5 Å². The van der Waals surface area contributed by atoms with Crippen LogP contribution in [0.3, 0.4) is 0 Å². The Labute approximate surface area is 127 Å². The summed E-state index contributed by atoms with van der Waals surface area (Å²) in [7, 11) is 0. The zero-order chi connectivity index (χ0) is 15.1. The van der Waals surface area contributed by atoms with Gasteiger partial charge >= 0.3 is 0 Å². The van der Waals surface area contributed by atoms with Gasteiger partial charge in [-0.3, -0.25) is 9.78 Å². The van der Waals surface area contributed by atoms with Crippen molar-refractivity contribution in [1.29, 1.82) is 0 Å². The molecule has 0 bridgehead atoms. The number of carbonyl (C=O) groups is 1. The van der Waals surface area contributed by atoms with Crippen LogP contribution in [-0.4, -0.2) is 22.6 Å². The predicted molar refractivity (Wildman–Crippen MR) is 83.0 cm³/mol. The van der Waals surface area contributed by atoms with Gasteiger partial charge in [0.25, 0.3) is 5.91 Å². The van der Waals surface area contributed by atoms with Gasteiger partial charge in [-0.1, -0.05) is 11.8 Å². The van der Waals surface area contributed by atoms with Gasteiger partial charge in [0.05, 0.1) is 13.2 Å². The summed E-state index contributed by atoms with van der Waals surface area (Å²) < 4.78 is 0. The van der Waals surface area contributed by atoms with Crippen LogP contribution >= 0.6 is 11.3 Å². The Balaban J connectivity index is 1.91. The van der Waals surface area contributed by atoms with Crippen LogP contribution in [0.1, 0.15) is 32.9 Å². The molecule has 108 valence electrons. The molecule has 0 aliphatic heterocycles. The zero-order valence-corrected chi connectivity index (χ0v) is 12.5. The summed E-state index contributed by atoms with van der Waals surface area (Å²) in [6.07, 6.45) is 2.10. The number of nitrogens with one attached hydrogen (secondary N) is 1. The van der Waals surface area contributed by atoms with Crippen LogP contribution in [0.15, 0.2) is 29.8 Å². The molecule has 0 unspecified atom stereocenters. The summed E-state index contributed by atoms with van der Waals surface area (Å²) in [4.78, 5) is 17.1. The van der Waals surface area contributed by atoms with E-state index in [4.69, 9.17) is 5.11 Å². The summed E-state index contributed by atoms with van der Waals surface area (Å²) >= 11 is 1.56. The number of aliphatic hydroxyl groups excluding tert-OH is 1. The van der Waals surface area contributed by atoms with Gasteiger partial charge in [-0.25, -0.2) is 0 Å². The fourth-order valence-corrected chi connectivity index (χ4v) is 2.47. The largest absolute Gasteiger partial charge is 0.395 e. The maximum Gasteiger partial charge on any atom is 0.251 e. The van der Waals surface area contributed by atoms with Crippen molar-refractivity contribution < 1.29 is 9.90 Å². The summed E-state index contributed by atoms with van der Waals surface area (Å²) in [6, 6.07) is 5.41. The minimum absolute atomic E-state index is 0.0748. The molecular formula is C16H16N2O2S. The number of rotatable bonds is 4. The van der Waals surface area contributed by atoms with Gasteiger partial charge in [-0.05, 0) is 25.1 Å². The van der Waals surface area contributed by atoms with Crippen molar-refractivity contribution in [3.63, 3.8) is 0 Å². The Morgan fingerprint density at radius 2 is 2.33 bits per heavy atom. The Kier molecular flexibility index (Phi) is 5.50. The van der Waals surface area contributed by atoms with Gasteiger partial charge in [-0.15, -0.1) is 11.3 Å². The first kappa shape index (κ1) is 15.2. The van der Waals surface area contributed by atoms with E-state index in [9.17, 15) is 4.79 Å². The van der Waals surface area contributed by atoms with Crippen LogP contribution in [-0.2, 0) is 6.54 Å². The molecule has 2 aromatic rings. The molecule has 5 heteroatoms. The number of pyridine rings is 1. The lowest BCUT2D eigenvalue weighted by molar-refractivity contribution is 0.0951. The lowest BCUT2D eigenvalue weighted by Gasteiger charge is -2.03. The van der Waals surface area contributed by atoms with E-state index < -0.39 is 0 Å². The number of hydrogen-bond acceptors (Lipinski definition) is 4. The Hall–Kier alpha value is -2.16. The highest BCUT2D eigenvalue weighted by Crippen LogP contribution is 2.14. The van der Waals surface area contributed by atoms with Crippen molar-refractivity contribution in [2.45, 2.75) is 19.9 Å². The van der Waals surface area contributed by atoms with Crippen molar-refractivity contribution in [2.75, 3.05) is 6.61 Å². The number of aryl methyl sites for hydroxylation is 1. The van der Waals surface area contributed by atoms with Crippen molar-refractivity contribution in [2.24, 2.45) is 0 Å². The molecular weight excluding hydrogens is 284 g/mol. The molecule has 0 spiro atoms. The molecule has 21 heavy (non-hydrogen) atoms. The third-order valence-corrected chi connectivity index (χ3v) is 3.64. The molecule has 0 saturated heterocycles. The highest BCUT2D eigenvalue weighted by atomic mass is 32.1. The molecule has 0 atom stereocenters. The van der Waals surface area contributed by atoms with E-state index in [1.807, 2.05) is 18.4 Å². The number of aromatic nitrogens is 1. The summed E-state index contributed by atoms with van der Waals surface area (Å²) in [6.45, 7) is 2.41. The molecule has 0 aliphatic rings. The topological polar surface area (TPSA) is 62.2 Å². The fourth-order valence-electron chi connectivity index (χ4n) is 1.72. The van der Waals surface area contributed by atoms with E-state index >= 15 is 0 Å². The molecule has 2 heterocycles. The number of nitrogens with zero attached hydrogens (tertiary/aromatic N) is 1. The monoisotopic (exact) mass is 300 g/mol. The average Bonchev–Trinajstić information content (AvgIpc) is 2.93. The molecule has 2 N–H and O–H groups in total. The van der Waals surface area contributed by atoms with Crippen molar-refractivity contribution >= 4 is 17.2 Å². The van der Waals surface area contributed by atoms with Crippen LogP contribution in [0.5, 0.6) is 0 Å². The van der Waals surface area contributed by atoms with Gasteiger partial charge in [0.1, 0.15) is 0 Å². The highest BCUT2D eigenvalue weighted by molar-refractivity contribution is 7.10. The van der Waals surface area contributed by atoms with Crippen LogP contribution < -0.4 is 5.32 Å². The second-order valence-corrected chi connectivity index (χ2v) is 5.44. The Morgan fingerprint density at radius 1 is 1.48 bits per heavy atom. The quantitative estimate of drug-likeness (QED) is 0.850. The fraction of sp³-hybridized carbons (Fsp3) is 0.250. The first-order valence-corrected chi connectivity index (χ1v) is 7.45. The molecule has 4 nitrogen and oxygen atoms in total. The molecule has 0 radical (unpaired) electrons. The van der Waals surface area contributed by atoms with E-state index in [2.05, 4.69) is 22.1 Å². The number of aliphatic hydroxyl groups is 1. The normalized spacial score (nSPS) is 9.81. The molecule has 1 amide bonds. The molecule has 2 aromatic heterocycles. The van der Waals surface area contributed by atoms with Gasteiger partial charge in [0.15, 0.2) is 0 Å². The average molecular weight is 300 g/mol. The second-order valence-electron chi connectivity index (χ2n) is 4.45. The lowest BCUT2D eigenvalue weighted by Crippen LogP contribution is -2.22. The third-order valence-electron chi connectivity index (χ3n) is 2.71. The van der Waals surface area contributed by atoms with Crippen molar-refractivity contribution in [3.8, 4) is 11.8 Å². The van der Waals surface area contributed by atoms with E-state index in [0.717, 1.165) is 16.1 Å². The number of amides is 1. The first-order chi connectivity index (χ1) is 10.2. The van der Waals surface area contributed by atoms with E-state index in [1.165, 1.54) is 0 Å². The Morgan fingerprint density at radius 3 is 3.10 bits per heavy atom. The lowest BCUT2D eigenvalue weighted by atomic mass is 10.2. The van der Waals surface area contributed by atoms with Crippen LogP contribution in [0.4, 0.5) is 0 Å². The minimum Gasteiger partial charge on any atom is -0.395 e. The highest BCUT2D eigenvalue weighted by Gasteiger charge is 2.06. The molecule has 0 aromatic carbocycles. The predicted octanol–water partition coefficient (Wildman–Crippen LogP) is 2.12. The number of carbonyl (C=O) groups excluding carboxylic acids is 1. The van der Waals surface area contributed by atoms with Crippen LogP contribution in [0.2, 0.25) is 0 Å². The van der Waals surface area contributed by atoms with E-state index in [-0.39, 0.29) is 12.5 Å². The van der Waals surface area contributed by atoms with Gasteiger partial charge in [0, 0.05) is 39.7 Å². The van der Waals surface area contributed by atoms with Crippen LogP contribution in [0.25, 0.3) is 0 Å². The zero-order valence-electron chi connectivity index (χ0n) is 11.7. The van der Waals surface area contributed by atoms with E-state index in [0.29, 0.717) is 18.5 Å². The summed E-state index contributed by atoms with van der Waals surface area (Å²) in [5.41, 5.74) is 2.35. The van der Waals surface area contributed by atoms with Crippen molar-refractivity contribution in [1.82, 2.24) is 10.3 Å². The number of thiophene rings is 1. The third kappa shape index (κ3) is 4.71. The molecule has 0 fully saturated rings. The van der Waals surface area contributed by atoms with E-state index in [1.54, 1.807) is 29.7 Å². The number of hydrogen-bond donors (Lipinski definition) is 2. The summed E-state index contributed by atoms with van der Waals surface area (Å²) in [5.74, 6) is 5.74. The maximum atomic E-state index is 12.0. The van der Waals surface area contributed by atoms with Gasteiger partial charge in [0.2, 0.25) is 0 Å². The summed E-state index contributed by atoms with van der Waals surface area (Å²) in [5, 5.41) is 13.5. The minimum atomic E-state index is -0.109. The van der Waals surface area contributed by atoms with Gasteiger partial charge < -0.3 is 10.4 Å². The van der Waals surface area contributed by atoms with Crippen LogP contribution in [0, 0.1) is 18.8 Å².